The highest BCUT2D eigenvalue weighted by atomic mass is 32.1. The minimum atomic E-state index is 0.681. The van der Waals surface area contributed by atoms with Gasteiger partial charge in [-0.25, -0.2) is 0 Å². The van der Waals surface area contributed by atoms with Gasteiger partial charge in [0.25, 0.3) is 0 Å². The Balaban J connectivity index is 2.31. The largest absolute Gasteiger partial charge is 0.380 e. The Morgan fingerprint density at radius 3 is 2.69 bits per heavy atom. The van der Waals surface area contributed by atoms with Gasteiger partial charge in [-0.1, -0.05) is 24.3 Å². The molecule has 16 heavy (non-hydrogen) atoms. The minimum Gasteiger partial charge on any atom is -0.380 e. The first-order chi connectivity index (χ1) is 7.88. The van der Waals surface area contributed by atoms with E-state index in [2.05, 4.69) is 42.5 Å². The molecular formula is C14H12OS. The van der Waals surface area contributed by atoms with Crippen molar-refractivity contribution in [1.29, 1.82) is 0 Å². The van der Waals surface area contributed by atoms with E-state index >= 15 is 0 Å². The Bertz CT molecular complexity index is 639. The van der Waals surface area contributed by atoms with Gasteiger partial charge in [0, 0.05) is 27.3 Å². The zero-order valence-corrected chi connectivity index (χ0v) is 9.88. The molecule has 1 aromatic heterocycles. The van der Waals surface area contributed by atoms with Crippen LogP contribution in [0.2, 0.25) is 0 Å². The first kappa shape index (κ1) is 9.82. The number of benzene rings is 2. The summed E-state index contributed by atoms with van der Waals surface area (Å²) >= 11 is 1.85. The lowest BCUT2D eigenvalue weighted by atomic mass is 10.1. The molecule has 0 unspecified atom stereocenters. The SMILES string of the molecule is COCc1ccc2sc3ccccc3c2c1. The molecule has 0 radical (unpaired) electrons. The molecule has 0 aliphatic carbocycles. The monoisotopic (exact) mass is 228 g/mol. The summed E-state index contributed by atoms with van der Waals surface area (Å²) in [6.07, 6.45) is 0. The van der Waals surface area contributed by atoms with Crippen LogP contribution in [-0.2, 0) is 11.3 Å². The third-order valence-corrected chi connectivity index (χ3v) is 3.90. The van der Waals surface area contributed by atoms with Gasteiger partial charge in [0.05, 0.1) is 6.61 Å². The molecule has 0 N–H and O–H groups in total. The van der Waals surface area contributed by atoms with Crippen molar-refractivity contribution < 1.29 is 4.74 Å². The first-order valence-electron chi connectivity index (χ1n) is 5.27. The Labute approximate surface area is 98.3 Å². The van der Waals surface area contributed by atoms with Crippen molar-refractivity contribution >= 4 is 31.5 Å². The molecule has 0 spiro atoms. The third-order valence-electron chi connectivity index (χ3n) is 2.75. The molecule has 0 amide bonds. The zero-order valence-electron chi connectivity index (χ0n) is 9.07. The van der Waals surface area contributed by atoms with Gasteiger partial charge in [0.1, 0.15) is 0 Å². The summed E-state index contributed by atoms with van der Waals surface area (Å²) in [6, 6.07) is 15.1. The number of hydrogen-bond donors (Lipinski definition) is 0. The fourth-order valence-electron chi connectivity index (χ4n) is 2.03. The van der Waals surface area contributed by atoms with E-state index in [0.29, 0.717) is 6.61 Å². The number of rotatable bonds is 2. The number of thiophene rings is 1. The summed E-state index contributed by atoms with van der Waals surface area (Å²) < 4.78 is 7.87. The van der Waals surface area contributed by atoms with Crippen LogP contribution in [0.25, 0.3) is 20.2 Å². The molecule has 0 bridgehead atoms. The number of hydrogen-bond acceptors (Lipinski definition) is 2. The van der Waals surface area contributed by atoms with Crippen molar-refractivity contribution in [3.63, 3.8) is 0 Å². The van der Waals surface area contributed by atoms with Crippen molar-refractivity contribution in [3.8, 4) is 0 Å². The van der Waals surface area contributed by atoms with E-state index in [0.717, 1.165) is 0 Å². The van der Waals surface area contributed by atoms with Gasteiger partial charge >= 0.3 is 0 Å². The molecular weight excluding hydrogens is 216 g/mol. The molecule has 0 atom stereocenters. The van der Waals surface area contributed by atoms with E-state index in [-0.39, 0.29) is 0 Å². The van der Waals surface area contributed by atoms with Gasteiger partial charge in [-0.15, -0.1) is 11.3 Å². The van der Waals surface area contributed by atoms with E-state index in [1.165, 1.54) is 25.7 Å². The van der Waals surface area contributed by atoms with Gasteiger partial charge in [0.15, 0.2) is 0 Å². The van der Waals surface area contributed by atoms with Crippen LogP contribution in [0.1, 0.15) is 5.56 Å². The van der Waals surface area contributed by atoms with E-state index in [9.17, 15) is 0 Å². The highest BCUT2D eigenvalue weighted by Gasteiger charge is 2.04. The van der Waals surface area contributed by atoms with E-state index in [4.69, 9.17) is 4.74 Å². The van der Waals surface area contributed by atoms with Crippen molar-refractivity contribution in [2.45, 2.75) is 6.61 Å². The minimum absolute atomic E-state index is 0.681. The molecule has 0 aliphatic heterocycles. The topological polar surface area (TPSA) is 9.23 Å². The average molecular weight is 228 g/mol. The predicted molar refractivity (Wildman–Crippen MR) is 70.0 cm³/mol. The fourth-order valence-corrected chi connectivity index (χ4v) is 3.12. The second-order valence-corrected chi connectivity index (χ2v) is 4.95. The highest BCUT2D eigenvalue weighted by molar-refractivity contribution is 7.25. The predicted octanol–water partition coefficient (Wildman–Crippen LogP) is 4.20. The standard InChI is InChI=1S/C14H12OS/c1-15-9-10-6-7-14-12(8-10)11-4-2-3-5-13(11)16-14/h2-8H,9H2,1H3. The van der Waals surface area contributed by atoms with Gasteiger partial charge in [-0.3, -0.25) is 0 Å². The summed E-state index contributed by atoms with van der Waals surface area (Å²) in [5.41, 5.74) is 1.23. The summed E-state index contributed by atoms with van der Waals surface area (Å²) in [5.74, 6) is 0. The summed E-state index contributed by atoms with van der Waals surface area (Å²) in [7, 11) is 1.73. The van der Waals surface area contributed by atoms with Crippen molar-refractivity contribution in [1.82, 2.24) is 0 Å². The van der Waals surface area contributed by atoms with Crippen LogP contribution in [0.5, 0.6) is 0 Å². The van der Waals surface area contributed by atoms with E-state index in [1.807, 2.05) is 11.3 Å². The summed E-state index contributed by atoms with van der Waals surface area (Å²) in [4.78, 5) is 0. The maximum absolute atomic E-state index is 5.17. The molecule has 0 fully saturated rings. The van der Waals surface area contributed by atoms with Crippen LogP contribution in [0.4, 0.5) is 0 Å². The molecule has 0 saturated carbocycles. The van der Waals surface area contributed by atoms with Crippen molar-refractivity contribution in [2.24, 2.45) is 0 Å². The Kier molecular flexibility index (Phi) is 2.39. The number of ether oxygens (including phenoxy) is 1. The fraction of sp³-hybridized carbons (Fsp3) is 0.143. The maximum atomic E-state index is 5.17. The normalized spacial score (nSPS) is 11.3. The Morgan fingerprint density at radius 2 is 1.81 bits per heavy atom. The van der Waals surface area contributed by atoms with Crippen LogP contribution in [0.15, 0.2) is 42.5 Å². The lowest BCUT2D eigenvalue weighted by Gasteiger charge is -1.99. The molecule has 0 aliphatic rings. The molecule has 2 heteroatoms. The lowest BCUT2D eigenvalue weighted by molar-refractivity contribution is 0.185. The maximum Gasteiger partial charge on any atom is 0.0713 e. The quantitative estimate of drug-likeness (QED) is 0.638. The lowest BCUT2D eigenvalue weighted by Crippen LogP contribution is -1.85. The van der Waals surface area contributed by atoms with Crippen LogP contribution >= 0.6 is 11.3 Å². The van der Waals surface area contributed by atoms with Gasteiger partial charge in [-0.05, 0) is 23.8 Å². The van der Waals surface area contributed by atoms with E-state index < -0.39 is 0 Å². The molecule has 1 nitrogen and oxygen atoms in total. The summed E-state index contributed by atoms with van der Waals surface area (Å²) in [6.45, 7) is 0.681. The molecule has 1 heterocycles. The van der Waals surface area contributed by atoms with Gasteiger partial charge in [0.2, 0.25) is 0 Å². The number of methoxy groups -OCH3 is 1. The van der Waals surface area contributed by atoms with E-state index in [1.54, 1.807) is 7.11 Å². The van der Waals surface area contributed by atoms with Crippen LogP contribution < -0.4 is 0 Å². The van der Waals surface area contributed by atoms with Crippen molar-refractivity contribution in [2.75, 3.05) is 7.11 Å². The Hall–Kier alpha value is -1.38. The Morgan fingerprint density at radius 1 is 1.00 bits per heavy atom. The third kappa shape index (κ3) is 1.51. The second kappa shape index (κ2) is 3.89. The first-order valence-corrected chi connectivity index (χ1v) is 6.09. The molecule has 3 aromatic rings. The zero-order chi connectivity index (χ0) is 11.0. The van der Waals surface area contributed by atoms with Crippen molar-refractivity contribution in [3.05, 3.63) is 48.0 Å². The molecule has 2 aromatic carbocycles. The second-order valence-electron chi connectivity index (χ2n) is 3.86. The van der Waals surface area contributed by atoms with Crippen LogP contribution in [0.3, 0.4) is 0 Å². The van der Waals surface area contributed by atoms with Gasteiger partial charge in [-0.2, -0.15) is 0 Å². The smallest absolute Gasteiger partial charge is 0.0713 e. The molecule has 3 rings (SSSR count). The summed E-state index contributed by atoms with van der Waals surface area (Å²) in [5, 5.41) is 2.69. The molecule has 80 valence electrons. The number of fused-ring (bicyclic) bond motifs is 3. The average Bonchev–Trinajstić information content (AvgIpc) is 2.68. The van der Waals surface area contributed by atoms with Gasteiger partial charge < -0.3 is 4.74 Å². The highest BCUT2D eigenvalue weighted by Crippen LogP contribution is 2.34. The van der Waals surface area contributed by atoms with Crippen LogP contribution in [0, 0.1) is 0 Å². The molecule has 0 saturated heterocycles. The van der Waals surface area contributed by atoms with Crippen LogP contribution in [-0.4, -0.2) is 7.11 Å².